The van der Waals surface area contributed by atoms with Crippen LogP contribution in [0.25, 0.3) is 0 Å². The Hall–Kier alpha value is -2.66. The molecule has 2 aliphatic rings. The molecule has 4 rings (SSSR count). The third-order valence-corrected chi connectivity index (χ3v) is 6.51. The number of amides is 1. The Morgan fingerprint density at radius 3 is 2.20 bits per heavy atom. The van der Waals surface area contributed by atoms with Crippen molar-refractivity contribution in [3.63, 3.8) is 0 Å². The van der Waals surface area contributed by atoms with Crippen molar-refractivity contribution in [2.75, 3.05) is 44.2 Å². The van der Waals surface area contributed by atoms with E-state index in [1.54, 1.807) is 31.2 Å². The van der Waals surface area contributed by atoms with Gasteiger partial charge in [0.05, 0.1) is 0 Å². The number of piperazine rings is 1. The zero-order valence-corrected chi connectivity index (χ0v) is 18.0. The number of carbonyl (C=O) groups excluding carboxylic acids is 2. The molecule has 2 saturated heterocycles. The molecule has 2 aromatic rings. The number of benzene rings is 2. The molecule has 1 atom stereocenters. The summed E-state index contributed by atoms with van der Waals surface area (Å²) in [4.78, 5) is 31.5. The van der Waals surface area contributed by atoms with E-state index in [1.807, 2.05) is 4.90 Å². The molecular weight excluding hydrogens is 374 g/mol. The van der Waals surface area contributed by atoms with Gasteiger partial charge in [0.2, 0.25) is 0 Å². The molecule has 0 aromatic heterocycles. The van der Waals surface area contributed by atoms with E-state index < -0.39 is 0 Å². The second-order valence-corrected chi connectivity index (χ2v) is 8.49. The zero-order valence-electron chi connectivity index (χ0n) is 18.0. The van der Waals surface area contributed by atoms with E-state index in [0.29, 0.717) is 17.2 Å². The van der Waals surface area contributed by atoms with E-state index >= 15 is 0 Å². The molecule has 2 aliphatic heterocycles. The van der Waals surface area contributed by atoms with Crippen LogP contribution in [0, 0.1) is 6.92 Å². The van der Waals surface area contributed by atoms with Gasteiger partial charge < -0.3 is 9.80 Å². The molecule has 0 spiro atoms. The van der Waals surface area contributed by atoms with Crippen LogP contribution < -0.4 is 4.90 Å². The summed E-state index contributed by atoms with van der Waals surface area (Å²) in [5, 5.41) is 0. The minimum absolute atomic E-state index is 0.0249. The standard InChI is InChI=1S/C25H31N3O2/c1-19-6-3-4-8-24(19)27-16-14-26(15-17-27)23-7-5-13-28(18-23)25(30)22-11-9-21(10-12-22)20(2)29/h3-4,6,8-12,23H,5,7,13-18H2,1-2H3. The van der Waals surface area contributed by atoms with Crippen LogP contribution in [0.5, 0.6) is 0 Å². The lowest BCUT2D eigenvalue weighted by molar-refractivity contribution is 0.0563. The van der Waals surface area contributed by atoms with E-state index in [1.165, 1.54) is 11.3 Å². The fourth-order valence-electron chi connectivity index (χ4n) is 4.71. The maximum absolute atomic E-state index is 13.0. The minimum atomic E-state index is 0.0249. The zero-order chi connectivity index (χ0) is 21.1. The first-order valence-corrected chi connectivity index (χ1v) is 11.0. The number of ketones is 1. The number of nitrogens with zero attached hydrogens (tertiary/aromatic N) is 3. The average molecular weight is 406 g/mol. The van der Waals surface area contributed by atoms with Crippen molar-refractivity contribution >= 4 is 17.4 Å². The van der Waals surface area contributed by atoms with Crippen LogP contribution in [-0.4, -0.2) is 66.8 Å². The maximum Gasteiger partial charge on any atom is 0.253 e. The monoisotopic (exact) mass is 405 g/mol. The van der Waals surface area contributed by atoms with Gasteiger partial charge in [-0.15, -0.1) is 0 Å². The molecule has 2 heterocycles. The van der Waals surface area contributed by atoms with E-state index in [-0.39, 0.29) is 11.7 Å². The highest BCUT2D eigenvalue weighted by molar-refractivity contribution is 5.97. The molecule has 0 aliphatic carbocycles. The quantitative estimate of drug-likeness (QED) is 0.729. The summed E-state index contributed by atoms with van der Waals surface area (Å²) in [7, 11) is 0. The van der Waals surface area contributed by atoms with Gasteiger partial charge in [0.1, 0.15) is 0 Å². The maximum atomic E-state index is 13.0. The second-order valence-electron chi connectivity index (χ2n) is 8.49. The van der Waals surface area contributed by atoms with Crippen LogP contribution in [0.1, 0.15) is 46.0 Å². The lowest BCUT2D eigenvalue weighted by Crippen LogP contribution is -2.56. The largest absolute Gasteiger partial charge is 0.369 e. The lowest BCUT2D eigenvalue weighted by atomic mass is 10.0. The summed E-state index contributed by atoms with van der Waals surface area (Å²) in [5.41, 5.74) is 3.99. The lowest BCUT2D eigenvalue weighted by Gasteiger charge is -2.44. The first kappa shape index (κ1) is 20.6. The van der Waals surface area contributed by atoms with Crippen LogP contribution in [0.15, 0.2) is 48.5 Å². The Kier molecular flexibility index (Phi) is 6.18. The van der Waals surface area contributed by atoms with Crippen molar-refractivity contribution in [3.8, 4) is 0 Å². The van der Waals surface area contributed by atoms with Gasteiger partial charge in [-0.2, -0.15) is 0 Å². The highest BCUT2D eigenvalue weighted by atomic mass is 16.2. The van der Waals surface area contributed by atoms with Gasteiger partial charge in [-0.3, -0.25) is 14.5 Å². The van der Waals surface area contributed by atoms with Crippen LogP contribution in [0.4, 0.5) is 5.69 Å². The van der Waals surface area contributed by atoms with Crippen molar-refractivity contribution < 1.29 is 9.59 Å². The molecule has 1 unspecified atom stereocenters. The van der Waals surface area contributed by atoms with Crippen LogP contribution in [0.2, 0.25) is 0 Å². The summed E-state index contributed by atoms with van der Waals surface area (Å²) >= 11 is 0. The molecule has 2 aromatic carbocycles. The molecule has 5 heteroatoms. The summed E-state index contributed by atoms with van der Waals surface area (Å²) in [6, 6.07) is 16.1. The van der Waals surface area contributed by atoms with E-state index in [9.17, 15) is 9.59 Å². The molecule has 0 bridgehead atoms. The number of hydrogen-bond acceptors (Lipinski definition) is 4. The molecule has 1 amide bonds. The molecule has 0 radical (unpaired) electrons. The number of Topliss-reactive ketones (excluding diaryl/α,β-unsaturated/α-hetero) is 1. The summed E-state index contributed by atoms with van der Waals surface area (Å²) in [6.07, 6.45) is 2.19. The van der Waals surface area contributed by atoms with Gasteiger partial charge in [0.25, 0.3) is 5.91 Å². The van der Waals surface area contributed by atoms with Gasteiger partial charge in [-0.1, -0.05) is 30.3 Å². The minimum Gasteiger partial charge on any atom is -0.369 e. The summed E-state index contributed by atoms with van der Waals surface area (Å²) in [6.45, 7) is 9.46. The number of rotatable bonds is 4. The predicted octanol–water partition coefficient (Wildman–Crippen LogP) is 3.62. The molecule has 2 fully saturated rings. The second kappa shape index (κ2) is 9.00. The third kappa shape index (κ3) is 4.41. The number of para-hydroxylation sites is 1. The number of aryl methyl sites for hydroxylation is 1. The predicted molar refractivity (Wildman–Crippen MR) is 120 cm³/mol. The molecule has 0 saturated carbocycles. The Morgan fingerprint density at radius 2 is 1.53 bits per heavy atom. The smallest absolute Gasteiger partial charge is 0.253 e. The first-order valence-electron chi connectivity index (χ1n) is 11.0. The van der Waals surface area contributed by atoms with Crippen molar-refractivity contribution in [1.82, 2.24) is 9.80 Å². The van der Waals surface area contributed by atoms with Crippen molar-refractivity contribution in [2.45, 2.75) is 32.7 Å². The van der Waals surface area contributed by atoms with E-state index in [4.69, 9.17) is 0 Å². The Balaban J connectivity index is 1.36. The number of hydrogen-bond donors (Lipinski definition) is 0. The van der Waals surface area contributed by atoms with Gasteiger partial charge >= 0.3 is 0 Å². The fourth-order valence-corrected chi connectivity index (χ4v) is 4.71. The van der Waals surface area contributed by atoms with Crippen molar-refractivity contribution in [1.29, 1.82) is 0 Å². The summed E-state index contributed by atoms with van der Waals surface area (Å²) < 4.78 is 0. The molecular formula is C25H31N3O2. The van der Waals surface area contributed by atoms with E-state index in [0.717, 1.165) is 52.1 Å². The first-order chi connectivity index (χ1) is 14.5. The van der Waals surface area contributed by atoms with Crippen LogP contribution in [0.3, 0.4) is 0 Å². The SMILES string of the molecule is CC(=O)c1ccc(C(=O)N2CCCC(N3CCN(c4ccccc4C)CC3)C2)cc1. The number of piperidine rings is 1. The Bertz CT molecular complexity index is 901. The highest BCUT2D eigenvalue weighted by Gasteiger charge is 2.30. The van der Waals surface area contributed by atoms with Crippen LogP contribution >= 0.6 is 0 Å². The number of likely N-dealkylation sites (tertiary alicyclic amines) is 1. The van der Waals surface area contributed by atoms with Gasteiger partial charge in [0, 0.05) is 62.1 Å². The van der Waals surface area contributed by atoms with Gasteiger partial charge in [0.15, 0.2) is 5.78 Å². The van der Waals surface area contributed by atoms with E-state index in [2.05, 4.69) is 41.0 Å². The van der Waals surface area contributed by atoms with Crippen molar-refractivity contribution in [2.24, 2.45) is 0 Å². The number of anilines is 1. The summed E-state index contributed by atoms with van der Waals surface area (Å²) in [5.74, 6) is 0.102. The fraction of sp³-hybridized carbons (Fsp3) is 0.440. The molecule has 5 nitrogen and oxygen atoms in total. The Morgan fingerprint density at radius 1 is 0.867 bits per heavy atom. The van der Waals surface area contributed by atoms with Gasteiger partial charge in [-0.05, 0) is 50.5 Å². The van der Waals surface area contributed by atoms with Crippen molar-refractivity contribution in [3.05, 3.63) is 65.2 Å². The number of carbonyl (C=O) groups is 2. The van der Waals surface area contributed by atoms with Crippen LogP contribution in [-0.2, 0) is 0 Å². The Labute approximate surface area is 179 Å². The molecule has 158 valence electrons. The third-order valence-electron chi connectivity index (χ3n) is 6.51. The topological polar surface area (TPSA) is 43.9 Å². The highest BCUT2D eigenvalue weighted by Crippen LogP contribution is 2.24. The normalized spacial score (nSPS) is 20.3. The van der Waals surface area contributed by atoms with Gasteiger partial charge in [-0.25, -0.2) is 0 Å². The average Bonchev–Trinajstić information content (AvgIpc) is 2.79. The molecule has 0 N–H and O–H groups in total. The molecule has 30 heavy (non-hydrogen) atoms.